The molecular formula is C31H24N4O4. The highest BCUT2D eigenvalue weighted by atomic mass is 16.5. The standard InChI is InChI=1S/C31H24N4O4/c1-38-30(36)27-26(19-9-4-3-5-10-19)24(17-32)29(33)35(28(27)31(37)39-2)23-13-8-12-20(16-23)22-15-21-11-6-7-14-25(21)34-18-22/h3-16,18,26H,33H2,1-2H3. The number of nitriles is 1. The third kappa shape index (κ3) is 4.47. The van der Waals surface area contributed by atoms with Gasteiger partial charge in [0.25, 0.3) is 0 Å². The van der Waals surface area contributed by atoms with E-state index in [1.807, 2.05) is 48.5 Å². The van der Waals surface area contributed by atoms with Crippen molar-refractivity contribution in [1.82, 2.24) is 4.98 Å². The van der Waals surface area contributed by atoms with Gasteiger partial charge in [-0.3, -0.25) is 9.88 Å². The Kier molecular flexibility index (Phi) is 6.81. The molecule has 0 saturated carbocycles. The number of hydrogen-bond donors (Lipinski definition) is 1. The van der Waals surface area contributed by atoms with E-state index in [1.165, 1.54) is 19.1 Å². The fourth-order valence-corrected chi connectivity index (χ4v) is 4.83. The van der Waals surface area contributed by atoms with E-state index in [4.69, 9.17) is 15.2 Å². The molecule has 8 heteroatoms. The first-order valence-electron chi connectivity index (χ1n) is 12.1. The van der Waals surface area contributed by atoms with Crippen LogP contribution in [-0.4, -0.2) is 31.1 Å². The first-order chi connectivity index (χ1) is 19.0. The zero-order valence-electron chi connectivity index (χ0n) is 21.3. The third-order valence-electron chi connectivity index (χ3n) is 6.64. The van der Waals surface area contributed by atoms with E-state index in [0.29, 0.717) is 11.3 Å². The van der Waals surface area contributed by atoms with E-state index >= 15 is 0 Å². The Labute approximate surface area is 225 Å². The zero-order valence-corrected chi connectivity index (χ0v) is 21.3. The molecule has 0 saturated heterocycles. The van der Waals surface area contributed by atoms with Crippen molar-refractivity contribution in [2.24, 2.45) is 5.73 Å². The summed E-state index contributed by atoms with van der Waals surface area (Å²) in [6, 6.07) is 28.1. The predicted octanol–water partition coefficient (Wildman–Crippen LogP) is 4.80. The van der Waals surface area contributed by atoms with Gasteiger partial charge in [-0.1, -0.05) is 60.7 Å². The minimum Gasteiger partial charge on any atom is -0.466 e. The van der Waals surface area contributed by atoms with Crippen molar-refractivity contribution < 1.29 is 19.1 Å². The second-order valence-electron chi connectivity index (χ2n) is 8.80. The predicted molar refractivity (Wildman–Crippen MR) is 147 cm³/mol. The number of benzene rings is 3. The van der Waals surface area contributed by atoms with Gasteiger partial charge in [-0.25, -0.2) is 9.59 Å². The number of ether oxygens (including phenoxy) is 2. The van der Waals surface area contributed by atoms with Crippen LogP contribution in [0.15, 0.2) is 114 Å². The number of methoxy groups -OCH3 is 2. The first kappa shape index (κ1) is 25.2. The highest BCUT2D eigenvalue weighted by Crippen LogP contribution is 2.43. The Morgan fingerprint density at radius 3 is 2.33 bits per heavy atom. The second-order valence-corrected chi connectivity index (χ2v) is 8.80. The van der Waals surface area contributed by atoms with Crippen molar-refractivity contribution in [1.29, 1.82) is 5.26 Å². The smallest absolute Gasteiger partial charge is 0.355 e. The lowest BCUT2D eigenvalue weighted by Crippen LogP contribution is -2.40. The van der Waals surface area contributed by atoms with Crippen molar-refractivity contribution in [3.8, 4) is 17.2 Å². The SMILES string of the molecule is COC(=O)C1=C(C(=O)OC)N(c2cccc(-c3cnc4ccccc4c3)c2)C(N)=C(C#N)C1c1ccccc1. The van der Waals surface area contributed by atoms with Crippen LogP contribution in [0.3, 0.4) is 0 Å². The lowest BCUT2D eigenvalue weighted by molar-refractivity contribution is -0.139. The molecule has 0 spiro atoms. The number of hydrogen-bond acceptors (Lipinski definition) is 8. The summed E-state index contributed by atoms with van der Waals surface area (Å²) in [5.74, 6) is -2.49. The molecule has 8 nitrogen and oxygen atoms in total. The van der Waals surface area contributed by atoms with Gasteiger partial charge in [-0.2, -0.15) is 5.26 Å². The molecule has 2 heterocycles. The number of para-hydroxylation sites is 1. The molecule has 1 aliphatic rings. The Morgan fingerprint density at radius 1 is 0.897 bits per heavy atom. The van der Waals surface area contributed by atoms with E-state index < -0.39 is 17.9 Å². The quantitative estimate of drug-likeness (QED) is 0.376. The van der Waals surface area contributed by atoms with Crippen LogP contribution in [0.2, 0.25) is 0 Å². The lowest BCUT2D eigenvalue weighted by atomic mass is 9.81. The van der Waals surface area contributed by atoms with Crippen LogP contribution in [-0.2, 0) is 19.1 Å². The molecule has 1 aliphatic heterocycles. The summed E-state index contributed by atoms with van der Waals surface area (Å²) in [5.41, 5.74) is 10.1. The summed E-state index contributed by atoms with van der Waals surface area (Å²) < 4.78 is 10.2. The normalized spacial score (nSPS) is 15.2. The van der Waals surface area contributed by atoms with Gasteiger partial charge in [-0.05, 0) is 35.4 Å². The number of nitrogens with two attached hydrogens (primary N) is 1. The lowest BCUT2D eigenvalue weighted by Gasteiger charge is -2.36. The molecule has 1 aromatic heterocycles. The molecule has 0 aliphatic carbocycles. The monoisotopic (exact) mass is 516 g/mol. The molecule has 5 rings (SSSR count). The number of nitrogens with zero attached hydrogens (tertiary/aromatic N) is 3. The van der Waals surface area contributed by atoms with Crippen LogP contribution in [0.4, 0.5) is 5.69 Å². The molecule has 0 radical (unpaired) electrons. The van der Waals surface area contributed by atoms with Gasteiger partial charge in [0.1, 0.15) is 11.5 Å². The molecule has 1 unspecified atom stereocenters. The van der Waals surface area contributed by atoms with Crippen molar-refractivity contribution in [2.45, 2.75) is 5.92 Å². The van der Waals surface area contributed by atoms with Gasteiger partial charge in [0.15, 0.2) is 0 Å². The summed E-state index contributed by atoms with van der Waals surface area (Å²) in [7, 11) is 2.44. The average Bonchev–Trinajstić information content (AvgIpc) is 2.99. The van der Waals surface area contributed by atoms with Crippen molar-refractivity contribution in [3.05, 3.63) is 119 Å². The van der Waals surface area contributed by atoms with E-state index in [2.05, 4.69) is 11.1 Å². The molecule has 39 heavy (non-hydrogen) atoms. The number of carbonyl (C=O) groups is 2. The molecule has 0 amide bonds. The van der Waals surface area contributed by atoms with Gasteiger partial charge in [0, 0.05) is 22.8 Å². The average molecular weight is 517 g/mol. The van der Waals surface area contributed by atoms with Gasteiger partial charge >= 0.3 is 11.9 Å². The Morgan fingerprint density at radius 2 is 1.62 bits per heavy atom. The van der Waals surface area contributed by atoms with Crippen molar-refractivity contribution in [3.63, 3.8) is 0 Å². The zero-order chi connectivity index (χ0) is 27.5. The van der Waals surface area contributed by atoms with Crippen molar-refractivity contribution in [2.75, 3.05) is 19.1 Å². The molecule has 192 valence electrons. The molecule has 3 aromatic carbocycles. The van der Waals surface area contributed by atoms with Crippen LogP contribution >= 0.6 is 0 Å². The number of allylic oxidation sites excluding steroid dienone is 1. The maximum Gasteiger partial charge on any atom is 0.355 e. The summed E-state index contributed by atoms with van der Waals surface area (Å²) in [6.45, 7) is 0. The summed E-state index contributed by atoms with van der Waals surface area (Å²) in [6.07, 6.45) is 1.76. The highest BCUT2D eigenvalue weighted by molar-refractivity contribution is 6.06. The maximum absolute atomic E-state index is 13.3. The Bertz CT molecular complexity index is 1700. The van der Waals surface area contributed by atoms with E-state index in [1.54, 1.807) is 42.6 Å². The highest BCUT2D eigenvalue weighted by Gasteiger charge is 2.43. The number of esters is 2. The maximum atomic E-state index is 13.3. The van der Waals surface area contributed by atoms with Gasteiger partial charge in [0.05, 0.1) is 42.9 Å². The van der Waals surface area contributed by atoms with Crippen LogP contribution < -0.4 is 10.6 Å². The number of pyridine rings is 1. The molecule has 0 fully saturated rings. The second kappa shape index (κ2) is 10.5. The molecule has 1 atom stereocenters. The fourth-order valence-electron chi connectivity index (χ4n) is 4.83. The van der Waals surface area contributed by atoms with E-state index in [9.17, 15) is 14.9 Å². The Hall–Kier alpha value is -5.42. The van der Waals surface area contributed by atoms with Crippen LogP contribution in [0.1, 0.15) is 11.5 Å². The minimum atomic E-state index is -0.929. The molecule has 0 bridgehead atoms. The number of anilines is 1. The third-order valence-corrected chi connectivity index (χ3v) is 6.64. The Balaban J connectivity index is 1.74. The number of fused-ring (bicyclic) bond motifs is 1. The van der Waals surface area contributed by atoms with E-state index in [-0.39, 0.29) is 22.7 Å². The summed E-state index contributed by atoms with van der Waals surface area (Å²) in [5, 5.41) is 11.2. The van der Waals surface area contributed by atoms with Crippen LogP contribution in [0.5, 0.6) is 0 Å². The number of carbonyl (C=O) groups excluding carboxylic acids is 2. The topological polar surface area (TPSA) is 119 Å². The van der Waals surface area contributed by atoms with E-state index in [0.717, 1.165) is 22.0 Å². The molecule has 2 N–H and O–H groups in total. The summed E-state index contributed by atoms with van der Waals surface area (Å²) in [4.78, 5) is 32.5. The molecular weight excluding hydrogens is 492 g/mol. The largest absolute Gasteiger partial charge is 0.466 e. The summed E-state index contributed by atoms with van der Waals surface area (Å²) >= 11 is 0. The molecule has 4 aromatic rings. The van der Waals surface area contributed by atoms with Crippen LogP contribution in [0.25, 0.3) is 22.0 Å². The number of rotatable bonds is 5. The fraction of sp³-hybridized carbons (Fsp3) is 0.0968. The van der Waals surface area contributed by atoms with Crippen molar-refractivity contribution >= 4 is 28.5 Å². The van der Waals surface area contributed by atoms with Crippen LogP contribution in [0, 0.1) is 11.3 Å². The van der Waals surface area contributed by atoms with Gasteiger partial charge < -0.3 is 15.2 Å². The first-order valence-corrected chi connectivity index (χ1v) is 12.1. The van der Waals surface area contributed by atoms with Gasteiger partial charge in [0.2, 0.25) is 0 Å². The van der Waals surface area contributed by atoms with Gasteiger partial charge in [-0.15, -0.1) is 0 Å². The number of aromatic nitrogens is 1. The minimum absolute atomic E-state index is 0.00759.